The number of benzene rings is 2. The topological polar surface area (TPSA) is 46.3 Å². The lowest BCUT2D eigenvalue weighted by atomic mass is 10.1. The Morgan fingerprint density at radius 1 is 1.04 bits per heavy atom. The molecule has 2 aromatic carbocycles. The van der Waals surface area contributed by atoms with Crippen LogP contribution in [0, 0.1) is 0 Å². The van der Waals surface area contributed by atoms with Gasteiger partial charge in [0.05, 0.1) is 12.1 Å². The van der Waals surface area contributed by atoms with Crippen LogP contribution >= 0.6 is 0 Å². The molecule has 0 aliphatic carbocycles. The van der Waals surface area contributed by atoms with Crippen molar-refractivity contribution in [2.24, 2.45) is 0 Å². The highest BCUT2D eigenvalue weighted by Gasteiger charge is 2.14. The maximum absolute atomic E-state index is 12.3. The molecule has 3 rings (SSSR count). The van der Waals surface area contributed by atoms with Gasteiger partial charge >= 0.3 is 0 Å². The van der Waals surface area contributed by atoms with E-state index in [1.807, 2.05) is 66.7 Å². The number of aromatic nitrogens is 1. The molecule has 0 aliphatic heterocycles. The first-order valence-electron chi connectivity index (χ1n) is 7.51. The van der Waals surface area contributed by atoms with Gasteiger partial charge in [0.25, 0.3) is 0 Å². The largest absolute Gasteiger partial charge is 0.356 e. The highest BCUT2D eigenvalue weighted by molar-refractivity contribution is 5.78. The van der Waals surface area contributed by atoms with E-state index in [1.165, 1.54) is 0 Å². The SMILES string of the molecule is CN(Cc1ccccc1)C(=O)Cc1cc(-c2ccccc2)on1. The van der Waals surface area contributed by atoms with Gasteiger partial charge < -0.3 is 9.42 Å². The third-order valence-electron chi connectivity index (χ3n) is 3.64. The molecule has 4 heteroatoms. The van der Waals surface area contributed by atoms with Crippen LogP contribution in [0.15, 0.2) is 71.3 Å². The van der Waals surface area contributed by atoms with Crippen LogP contribution in [0.5, 0.6) is 0 Å². The number of rotatable bonds is 5. The van der Waals surface area contributed by atoms with E-state index in [1.54, 1.807) is 11.9 Å². The van der Waals surface area contributed by atoms with Gasteiger partial charge in [0.2, 0.25) is 5.91 Å². The summed E-state index contributed by atoms with van der Waals surface area (Å²) in [6.45, 7) is 0.586. The Morgan fingerprint density at radius 3 is 2.39 bits per heavy atom. The summed E-state index contributed by atoms with van der Waals surface area (Å²) in [7, 11) is 1.80. The van der Waals surface area contributed by atoms with Crippen LogP contribution in [0.25, 0.3) is 11.3 Å². The first kappa shape index (κ1) is 15.0. The predicted octanol–water partition coefficient (Wildman–Crippen LogP) is 3.54. The molecular weight excluding hydrogens is 288 g/mol. The monoisotopic (exact) mass is 306 g/mol. The minimum absolute atomic E-state index is 0.0155. The van der Waals surface area contributed by atoms with E-state index in [4.69, 9.17) is 4.52 Å². The molecule has 0 atom stereocenters. The van der Waals surface area contributed by atoms with Crippen molar-refractivity contribution < 1.29 is 9.32 Å². The first-order valence-corrected chi connectivity index (χ1v) is 7.51. The lowest BCUT2D eigenvalue weighted by Gasteiger charge is -2.16. The molecule has 4 nitrogen and oxygen atoms in total. The lowest BCUT2D eigenvalue weighted by Crippen LogP contribution is -2.27. The number of nitrogens with zero attached hydrogens (tertiary/aromatic N) is 2. The first-order chi connectivity index (χ1) is 11.2. The summed E-state index contributed by atoms with van der Waals surface area (Å²) in [5, 5.41) is 4.00. The maximum Gasteiger partial charge on any atom is 0.228 e. The molecule has 3 aromatic rings. The van der Waals surface area contributed by atoms with Gasteiger partial charge in [0, 0.05) is 25.2 Å². The molecule has 0 saturated carbocycles. The van der Waals surface area contributed by atoms with Crippen LogP contribution in [0.1, 0.15) is 11.3 Å². The van der Waals surface area contributed by atoms with E-state index in [9.17, 15) is 4.79 Å². The number of hydrogen-bond donors (Lipinski definition) is 0. The molecule has 1 heterocycles. The van der Waals surface area contributed by atoms with Crippen LogP contribution in [-0.2, 0) is 17.8 Å². The van der Waals surface area contributed by atoms with Crippen molar-refractivity contribution in [1.82, 2.24) is 10.1 Å². The summed E-state index contributed by atoms with van der Waals surface area (Å²) in [6.07, 6.45) is 0.236. The Balaban J connectivity index is 1.63. The molecule has 0 aliphatic rings. The fraction of sp³-hybridized carbons (Fsp3) is 0.158. The van der Waals surface area contributed by atoms with Gasteiger partial charge in [0.1, 0.15) is 0 Å². The van der Waals surface area contributed by atoms with Gasteiger partial charge in [-0.3, -0.25) is 4.79 Å². The van der Waals surface area contributed by atoms with Crippen molar-refractivity contribution in [3.05, 3.63) is 78.0 Å². The summed E-state index contributed by atoms with van der Waals surface area (Å²) in [5.41, 5.74) is 2.71. The van der Waals surface area contributed by atoms with Crippen molar-refractivity contribution in [2.45, 2.75) is 13.0 Å². The van der Waals surface area contributed by atoms with Gasteiger partial charge in [-0.15, -0.1) is 0 Å². The summed E-state index contributed by atoms with van der Waals surface area (Å²) in [4.78, 5) is 14.0. The van der Waals surface area contributed by atoms with Gasteiger partial charge in [0.15, 0.2) is 5.76 Å². The van der Waals surface area contributed by atoms with E-state index in [-0.39, 0.29) is 12.3 Å². The van der Waals surface area contributed by atoms with Gasteiger partial charge in [-0.2, -0.15) is 0 Å². The summed E-state index contributed by atoms with van der Waals surface area (Å²) < 4.78 is 5.33. The van der Waals surface area contributed by atoms with Crippen molar-refractivity contribution in [1.29, 1.82) is 0 Å². The minimum atomic E-state index is 0.0155. The number of carbonyl (C=O) groups excluding carboxylic acids is 1. The van der Waals surface area contributed by atoms with Gasteiger partial charge in [-0.25, -0.2) is 0 Å². The fourth-order valence-corrected chi connectivity index (χ4v) is 2.37. The average molecular weight is 306 g/mol. The van der Waals surface area contributed by atoms with Crippen LogP contribution in [0.2, 0.25) is 0 Å². The molecule has 0 bridgehead atoms. The maximum atomic E-state index is 12.3. The van der Waals surface area contributed by atoms with Gasteiger partial charge in [-0.05, 0) is 5.56 Å². The summed E-state index contributed by atoms with van der Waals surface area (Å²) in [5.74, 6) is 0.695. The van der Waals surface area contributed by atoms with E-state index in [2.05, 4.69) is 5.16 Å². The Bertz CT molecular complexity index is 766. The molecule has 0 spiro atoms. The van der Waals surface area contributed by atoms with Crippen LogP contribution in [-0.4, -0.2) is 23.0 Å². The Morgan fingerprint density at radius 2 is 1.70 bits per heavy atom. The highest BCUT2D eigenvalue weighted by Crippen LogP contribution is 2.20. The second-order valence-corrected chi connectivity index (χ2v) is 5.46. The molecule has 23 heavy (non-hydrogen) atoms. The number of hydrogen-bond acceptors (Lipinski definition) is 3. The Labute approximate surface area is 135 Å². The zero-order chi connectivity index (χ0) is 16.1. The third-order valence-corrected chi connectivity index (χ3v) is 3.64. The second kappa shape index (κ2) is 6.92. The molecule has 0 saturated heterocycles. The van der Waals surface area contributed by atoms with E-state index < -0.39 is 0 Å². The van der Waals surface area contributed by atoms with Gasteiger partial charge in [-0.1, -0.05) is 65.8 Å². The number of amides is 1. The molecule has 0 fully saturated rings. The smallest absolute Gasteiger partial charge is 0.228 e. The molecular formula is C19H18N2O2. The lowest BCUT2D eigenvalue weighted by molar-refractivity contribution is -0.129. The number of likely N-dealkylation sites (N-methyl/N-ethyl adjacent to an activating group) is 1. The fourth-order valence-electron chi connectivity index (χ4n) is 2.37. The zero-order valence-electron chi connectivity index (χ0n) is 13.0. The summed E-state index contributed by atoms with van der Waals surface area (Å²) >= 11 is 0. The molecule has 116 valence electrons. The Kier molecular flexibility index (Phi) is 4.52. The standard InChI is InChI=1S/C19H18N2O2/c1-21(14-15-8-4-2-5-9-15)19(22)13-17-12-18(23-20-17)16-10-6-3-7-11-16/h2-12H,13-14H2,1H3. The molecule has 0 radical (unpaired) electrons. The number of carbonyl (C=O) groups is 1. The minimum Gasteiger partial charge on any atom is -0.356 e. The zero-order valence-corrected chi connectivity index (χ0v) is 13.0. The summed E-state index contributed by atoms with van der Waals surface area (Å²) in [6, 6.07) is 21.5. The molecule has 0 unspecified atom stereocenters. The molecule has 1 amide bonds. The van der Waals surface area contributed by atoms with E-state index in [0.717, 1.165) is 11.1 Å². The Hall–Kier alpha value is -2.88. The molecule has 0 N–H and O–H groups in total. The van der Waals surface area contributed by atoms with E-state index >= 15 is 0 Å². The van der Waals surface area contributed by atoms with Crippen molar-refractivity contribution >= 4 is 5.91 Å². The highest BCUT2D eigenvalue weighted by atomic mass is 16.5. The van der Waals surface area contributed by atoms with E-state index in [0.29, 0.717) is 18.0 Å². The van der Waals surface area contributed by atoms with Crippen molar-refractivity contribution in [3.8, 4) is 11.3 Å². The molecule has 1 aromatic heterocycles. The third kappa shape index (κ3) is 3.86. The average Bonchev–Trinajstić information content (AvgIpc) is 3.05. The predicted molar refractivity (Wildman–Crippen MR) is 88.6 cm³/mol. The van der Waals surface area contributed by atoms with Crippen LogP contribution < -0.4 is 0 Å². The van der Waals surface area contributed by atoms with Crippen LogP contribution in [0.3, 0.4) is 0 Å². The van der Waals surface area contributed by atoms with Crippen molar-refractivity contribution in [3.63, 3.8) is 0 Å². The second-order valence-electron chi connectivity index (χ2n) is 5.46. The van der Waals surface area contributed by atoms with Crippen LogP contribution in [0.4, 0.5) is 0 Å². The quantitative estimate of drug-likeness (QED) is 0.724. The normalized spacial score (nSPS) is 10.5. The van der Waals surface area contributed by atoms with Crippen molar-refractivity contribution in [2.75, 3.05) is 7.05 Å².